The number of H-pyrrole nitrogens is 1. The van der Waals surface area contributed by atoms with Gasteiger partial charge in [-0.2, -0.15) is 9.80 Å². The normalized spacial score (nSPS) is 11.1. The average Bonchev–Trinajstić information content (AvgIpc) is 3.53. The first kappa shape index (κ1) is 22.9. The minimum absolute atomic E-state index is 0.0324. The predicted octanol–water partition coefficient (Wildman–Crippen LogP) is 4.74. The quantitative estimate of drug-likeness (QED) is 0.326. The van der Waals surface area contributed by atoms with E-state index in [1.165, 1.54) is 34.2 Å². The van der Waals surface area contributed by atoms with Crippen molar-refractivity contribution in [2.24, 2.45) is 10.2 Å². The van der Waals surface area contributed by atoms with Crippen molar-refractivity contribution in [3.63, 3.8) is 0 Å². The van der Waals surface area contributed by atoms with Gasteiger partial charge in [-0.15, -0.1) is 16.5 Å². The third kappa shape index (κ3) is 4.57. The Labute approximate surface area is 209 Å². The second-order valence-electron chi connectivity index (χ2n) is 7.62. The second kappa shape index (κ2) is 9.80. The summed E-state index contributed by atoms with van der Waals surface area (Å²) in [7, 11) is 1.60. The zero-order valence-electron chi connectivity index (χ0n) is 18.9. The number of azo groups is 1. The van der Waals surface area contributed by atoms with Crippen LogP contribution in [0.25, 0.3) is 27.6 Å². The first-order valence-electron chi connectivity index (χ1n) is 10.8. The minimum atomic E-state index is -1.32. The van der Waals surface area contributed by atoms with Crippen molar-refractivity contribution in [3.05, 3.63) is 100 Å². The van der Waals surface area contributed by atoms with Crippen LogP contribution in [-0.2, 0) is 0 Å². The van der Waals surface area contributed by atoms with Crippen LogP contribution in [0.5, 0.6) is 5.75 Å². The summed E-state index contributed by atoms with van der Waals surface area (Å²) in [4.78, 5) is 29.2. The SMILES string of the molecule is COc1ccc(-c2csc(-n3[nH]c(-c4ccccc4)c(N=Nc4cccc(C(=O)[O-])c4)c3=O)n2)cc1. The number of hydrogen-bond acceptors (Lipinski definition) is 8. The van der Waals surface area contributed by atoms with Crippen LogP contribution in [0.2, 0.25) is 0 Å². The van der Waals surface area contributed by atoms with Crippen LogP contribution >= 0.6 is 11.3 Å². The number of aromatic amines is 1. The molecule has 0 spiro atoms. The Morgan fingerprint density at radius 2 is 1.78 bits per heavy atom. The van der Waals surface area contributed by atoms with Gasteiger partial charge in [0.15, 0.2) is 5.69 Å². The van der Waals surface area contributed by atoms with Crippen molar-refractivity contribution in [1.82, 2.24) is 14.8 Å². The predicted molar refractivity (Wildman–Crippen MR) is 134 cm³/mol. The Kier molecular flexibility index (Phi) is 6.25. The van der Waals surface area contributed by atoms with Gasteiger partial charge in [0.25, 0.3) is 0 Å². The molecule has 0 saturated heterocycles. The van der Waals surface area contributed by atoms with Gasteiger partial charge in [0.2, 0.25) is 5.13 Å². The molecule has 5 rings (SSSR count). The lowest BCUT2D eigenvalue weighted by Crippen LogP contribution is -2.21. The summed E-state index contributed by atoms with van der Waals surface area (Å²) in [5.41, 5.74) is 2.66. The molecule has 0 saturated carbocycles. The van der Waals surface area contributed by atoms with Gasteiger partial charge in [-0.3, -0.25) is 9.89 Å². The number of carboxylic acid groups (broad SMARTS) is 1. The lowest BCUT2D eigenvalue weighted by molar-refractivity contribution is -0.255. The molecule has 2 aromatic heterocycles. The topological polar surface area (TPSA) is 125 Å². The molecule has 0 aliphatic rings. The highest BCUT2D eigenvalue weighted by Crippen LogP contribution is 2.30. The first-order chi connectivity index (χ1) is 17.5. The molecule has 0 amide bonds. The number of carboxylic acids is 1. The molecule has 10 heteroatoms. The van der Waals surface area contributed by atoms with E-state index in [0.29, 0.717) is 16.5 Å². The maximum atomic E-state index is 13.4. The highest BCUT2D eigenvalue weighted by Gasteiger charge is 2.19. The maximum Gasteiger partial charge on any atom is 0.301 e. The molecule has 0 aliphatic carbocycles. The van der Waals surface area contributed by atoms with E-state index < -0.39 is 11.5 Å². The summed E-state index contributed by atoms with van der Waals surface area (Å²) in [6, 6.07) is 22.6. The number of methoxy groups -OCH3 is 1. The molecule has 0 bridgehead atoms. The van der Waals surface area contributed by atoms with Crippen LogP contribution in [0.4, 0.5) is 11.4 Å². The van der Waals surface area contributed by atoms with E-state index in [9.17, 15) is 14.7 Å². The molecule has 178 valence electrons. The minimum Gasteiger partial charge on any atom is -0.545 e. The second-order valence-corrected chi connectivity index (χ2v) is 8.46. The molecule has 5 aromatic rings. The molecule has 0 aliphatic heterocycles. The van der Waals surface area contributed by atoms with E-state index in [2.05, 4.69) is 20.3 Å². The Balaban J connectivity index is 1.56. The van der Waals surface area contributed by atoms with Crippen LogP contribution in [0.3, 0.4) is 0 Å². The van der Waals surface area contributed by atoms with Crippen molar-refractivity contribution in [1.29, 1.82) is 0 Å². The van der Waals surface area contributed by atoms with Crippen LogP contribution in [0.1, 0.15) is 10.4 Å². The van der Waals surface area contributed by atoms with Crippen LogP contribution in [0, 0.1) is 0 Å². The third-order valence-electron chi connectivity index (χ3n) is 5.34. The number of nitrogens with one attached hydrogen (secondary N) is 1. The molecule has 0 atom stereocenters. The summed E-state index contributed by atoms with van der Waals surface area (Å²) in [6.07, 6.45) is 0. The smallest absolute Gasteiger partial charge is 0.301 e. The monoisotopic (exact) mass is 496 g/mol. The standard InChI is InChI=1S/C26H19N5O4S/c1-35-20-12-10-16(11-13-20)21-15-36-26(27-21)31-24(32)23(22(30-31)17-6-3-2-4-7-17)29-28-19-9-5-8-18(14-19)25(33)34/h2-15,30H,1H3,(H,33,34)/p-1. The zero-order chi connectivity index (χ0) is 25.1. The average molecular weight is 497 g/mol. The van der Waals surface area contributed by atoms with Crippen molar-refractivity contribution < 1.29 is 14.6 Å². The van der Waals surface area contributed by atoms with Crippen LogP contribution < -0.4 is 15.4 Å². The van der Waals surface area contributed by atoms with Gasteiger partial charge in [-0.25, -0.2) is 4.98 Å². The van der Waals surface area contributed by atoms with Crippen molar-refractivity contribution in [3.8, 4) is 33.4 Å². The van der Waals surface area contributed by atoms with Gasteiger partial charge >= 0.3 is 5.56 Å². The highest BCUT2D eigenvalue weighted by atomic mass is 32.1. The number of aromatic carboxylic acids is 1. The number of rotatable bonds is 7. The molecule has 3 aromatic carbocycles. The summed E-state index contributed by atoms with van der Waals surface area (Å²) in [5, 5.41) is 24.9. The Hall–Kier alpha value is -4.83. The van der Waals surface area contributed by atoms with E-state index in [1.807, 2.05) is 60.0 Å². The zero-order valence-corrected chi connectivity index (χ0v) is 19.7. The van der Waals surface area contributed by atoms with E-state index >= 15 is 0 Å². The first-order valence-corrected chi connectivity index (χ1v) is 11.7. The summed E-state index contributed by atoms with van der Waals surface area (Å²) in [5.74, 6) is -0.583. The van der Waals surface area contributed by atoms with Gasteiger partial charge in [0, 0.05) is 16.5 Å². The fourth-order valence-electron chi connectivity index (χ4n) is 3.53. The summed E-state index contributed by atoms with van der Waals surface area (Å²) in [6.45, 7) is 0. The van der Waals surface area contributed by atoms with Crippen molar-refractivity contribution in [2.75, 3.05) is 7.11 Å². The van der Waals surface area contributed by atoms with Gasteiger partial charge < -0.3 is 14.6 Å². The number of ether oxygens (including phenoxy) is 1. The fourth-order valence-corrected chi connectivity index (χ4v) is 4.32. The highest BCUT2D eigenvalue weighted by molar-refractivity contribution is 7.12. The molecule has 1 N–H and O–H groups in total. The van der Waals surface area contributed by atoms with Gasteiger partial charge in [0.05, 0.1) is 30.2 Å². The van der Waals surface area contributed by atoms with Crippen molar-refractivity contribution >= 4 is 28.7 Å². The number of benzene rings is 3. The molecule has 9 nitrogen and oxygen atoms in total. The number of thiazole rings is 1. The van der Waals surface area contributed by atoms with Gasteiger partial charge in [-0.1, -0.05) is 42.5 Å². The number of carbonyl (C=O) groups excluding carboxylic acids is 1. The molecular weight excluding hydrogens is 478 g/mol. The Morgan fingerprint density at radius 1 is 1.00 bits per heavy atom. The molecule has 2 heterocycles. The Morgan fingerprint density at radius 3 is 2.50 bits per heavy atom. The summed E-state index contributed by atoms with van der Waals surface area (Å²) < 4.78 is 6.53. The number of hydrogen-bond donors (Lipinski definition) is 1. The molecular formula is C26H18N5O4S-. The number of nitrogens with zero attached hydrogens (tertiary/aromatic N) is 4. The van der Waals surface area contributed by atoms with E-state index in [4.69, 9.17) is 4.74 Å². The molecule has 0 unspecified atom stereocenters. The van der Waals surface area contributed by atoms with Crippen LogP contribution in [0.15, 0.2) is 99.3 Å². The largest absolute Gasteiger partial charge is 0.545 e. The fraction of sp³-hybridized carbons (Fsp3) is 0.0385. The van der Waals surface area contributed by atoms with E-state index in [1.54, 1.807) is 13.2 Å². The van der Waals surface area contributed by atoms with Gasteiger partial charge in [0.1, 0.15) is 5.75 Å². The summed E-state index contributed by atoms with van der Waals surface area (Å²) >= 11 is 1.30. The lowest BCUT2D eigenvalue weighted by atomic mass is 10.1. The Bertz CT molecular complexity index is 1620. The van der Waals surface area contributed by atoms with Gasteiger partial charge in [-0.05, 0) is 42.0 Å². The molecule has 0 radical (unpaired) electrons. The van der Waals surface area contributed by atoms with Crippen LogP contribution in [-0.4, -0.2) is 27.8 Å². The lowest BCUT2D eigenvalue weighted by Gasteiger charge is -2.01. The van der Waals surface area contributed by atoms with Crippen molar-refractivity contribution in [2.45, 2.75) is 0 Å². The molecule has 36 heavy (non-hydrogen) atoms. The number of carbonyl (C=O) groups is 1. The van der Waals surface area contributed by atoms with E-state index in [0.717, 1.165) is 16.9 Å². The third-order valence-corrected chi connectivity index (χ3v) is 6.17. The number of aromatic nitrogens is 3. The van der Waals surface area contributed by atoms with E-state index in [-0.39, 0.29) is 16.9 Å². The maximum absolute atomic E-state index is 13.4. The molecule has 0 fully saturated rings.